The normalized spacial score (nSPS) is 11.4. The van der Waals surface area contributed by atoms with Crippen molar-refractivity contribution < 1.29 is 50.0 Å². The number of benzene rings is 2. The molecule has 0 saturated heterocycles. The summed E-state index contributed by atoms with van der Waals surface area (Å²) in [6.07, 6.45) is 6.59. The van der Waals surface area contributed by atoms with Crippen LogP contribution in [0.3, 0.4) is 0 Å². The molecular formula is C32H46N3O6Re-. The first-order valence-electron chi connectivity index (χ1n) is 13.6. The molecule has 9 nitrogen and oxygen atoms in total. The van der Waals surface area contributed by atoms with Crippen LogP contribution in [-0.2, 0) is 51.4 Å². The Labute approximate surface area is 264 Å². The molecule has 42 heavy (non-hydrogen) atoms. The topological polar surface area (TPSA) is 116 Å². The largest absolute Gasteiger partial charge is 0.545 e. The van der Waals surface area contributed by atoms with Gasteiger partial charge in [-0.3, -0.25) is 21.6 Å². The quantitative estimate of drug-likeness (QED) is 0.133. The van der Waals surface area contributed by atoms with E-state index in [-0.39, 0.29) is 20.4 Å². The van der Waals surface area contributed by atoms with Crippen molar-refractivity contribution in [1.82, 2.24) is 14.8 Å². The van der Waals surface area contributed by atoms with Gasteiger partial charge in [-0.2, -0.15) is 0 Å². The van der Waals surface area contributed by atoms with Crippen LogP contribution in [0.5, 0.6) is 17.2 Å². The number of para-hydroxylation sites is 1. The average Bonchev–Trinajstić information content (AvgIpc) is 3.44. The maximum Gasteiger partial charge on any atom is 0.161 e. The number of hydrogen-bond donors (Lipinski definition) is 3. The molecule has 2 heterocycles. The van der Waals surface area contributed by atoms with E-state index < -0.39 is 0 Å². The number of carbonyl (C=O) groups excluding carboxylic acids is 1. The Morgan fingerprint density at radius 2 is 1.40 bits per heavy atom. The number of hydrogen-bond acceptors (Lipinski definition) is 9. The summed E-state index contributed by atoms with van der Waals surface area (Å²) in [7, 11) is 5.38. The van der Waals surface area contributed by atoms with Gasteiger partial charge in [-0.1, -0.05) is 37.1 Å². The molecule has 3 N–H and O–H groups in total. The molecule has 0 aliphatic carbocycles. The molecule has 1 aliphatic rings. The van der Waals surface area contributed by atoms with Crippen molar-refractivity contribution in [3.8, 4) is 17.2 Å². The molecule has 0 bridgehead atoms. The van der Waals surface area contributed by atoms with Crippen molar-refractivity contribution in [3.63, 3.8) is 0 Å². The van der Waals surface area contributed by atoms with Crippen molar-refractivity contribution in [2.24, 2.45) is 0 Å². The molecule has 233 valence electrons. The van der Waals surface area contributed by atoms with E-state index in [0.717, 1.165) is 82.7 Å². The zero-order valence-corrected chi connectivity index (χ0v) is 27.9. The molecule has 10 heteroatoms. The van der Waals surface area contributed by atoms with Gasteiger partial charge in [0.1, 0.15) is 5.75 Å². The summed E-state index contributed by atoms with van der Waals surface area (Å²) < 4.78 is 10.9. The molecule has 1 aliphatic heterocycles. The van der Waals surface area contributed by atoms with Gasteiger partial charge in [0.2, 0.25) is 0 Å². The van der Waals surface area contributed by atoms with Crippen molar-refractivity contribution in [2.45, 2.75) is 51.9 Å². The third-order valence-electron chi connectivity index (χ3n) is 6.69. The van der Waals surface area contributed by atoms with Crippen LogP contribution in [-0.4, -0.2) is 78.4 Å². The second-order valence-corrected chi connectivity index (χ2v) is 9.26. The Morgan fingerprint density at radius 3 is 1.95 bits per heavy atom. The molecule has 1 aromatic heterocycles. The van der Waals surface area contributed by atoms with Crippen LogP contribution in [0.25, 0.3) is 0 Å². The number of aromatic hydroxyl groups is 1. The fraction of sp³-hybridized carbons (Fsp3) is 0.438. The van der Waals surface area contributed by atoms with E-state index in [1.807, 2.05) is 36.5 Å². The number of nitrogens with zero attached hydrogens (tertiary/aromatic N) is 3. The molecule has 0 atom stereocenters. The van der Waals surface area contributed by atoms with Gasteiger partial charge < -0.3 is 29.6 Å². The van der Waals surface area contributed by atoms with Gasteiger partial charge >= 0.3 is 0 Å². The van der Waals surface area contributed by atoms with Crippen LogP contribution in [0, 0.1) is 0 Å². The zero-order valence-electron chi connectivity index (χ0n) is 25.2. The van der Waals surface area contributed by atoms with E-state index >= 15 is 0 Å². The van der Waals surface area contributed by atoms with Crippen LogP contribution in [0.15, 0.2) is 60.8 Å². The van der Waals surface area contributed by atoms with E-state index in [0.29, 0.717) is 5.75 Å². The number of aliphatic hydroxyl groups excluding tert-OH is 2. The minimum absolute atomic E-state index is 0. The molecule has 0 fully saturated rings. The van der Waals surface area contributed by atoms with E-state index in [9.17, 15) is 5.11 Å². The number of unbranched alkanes of at least 4 members (excludes halogenated alkanes) is 3. The molecule has 0 amide bonds. The van der Waals surface area contributed by atoms with Gasteiger partial charge in [0.15, 0.2) is 11.5 Å². The third kappa shape index (κ3) is 13.0. The summed E-state index contributed by atoms with van der Waals surface area (Å²) in [6.45, 7) is 8.81. The molecule has 3 aromatic rings. The third-order valence-corrected chi connectivity index (χ3v) is 6.69. The Bertz CT molecular complexity index is 1070. The molecule has 2 aromatic carbocycles. The monoisotopic (exact) mass is 755 g/mol. The number of pyridine rings is 1. The summed E-state index contributed by atoms with van der Waals surface area (Å²) in [5, 5.41) is 24.2. The maximum atomic E-state index is 10.2. The number of methoxy groups -OCH3 is 2. The molecule has 0 unspecified atom stereocenters. The summed E-state index contributed by atoms with van der Waals surface area (Å²) in [6, 6.07) is 17.9. The van der Waals surface area contributed by atoms with Gasteiger partial charge in [0, 0.05) is 72.6 Å². The SMILES string of the molecule is CO.CO.COc1cc2c(cc1OC)CN(CCCCCCN(Cc1ccccn1)Cc1ccccc1O)C2.[CH-]=O.[Re]. The Hall–Kier alpha value is -2.84. The standard InChI is InChI=1S/C29H37N3O3.2CH4O.CHO.Re/c1-34-28-17-24-20-31(21-25(24)18-29(28)35-2)15-9-3-4-10-16-32(22-26-12-7-8-14-30-26)19-23-11-5-6-13-27(23)33;3*1-2;/h5-8,11-14,17-18,33H,3-4,9-10,15-16,19-22H2,1-2H3;2*2H,1H3;1H;/q;;;-1;. The van der Waals surface area contributed by atoms with Gasteiger partial charge in [-0.15, -0.1) is 0 Å². The van der Waals surface area contributed by atoms with Gasteiger partial charge in [0.25, 0.3) is 0 Å². The first-order chi connectivity index (χ1) is 20.2. The molecule has 0 spiro atoms. The van der Waals surface area contributed by atoms with Crippen molar-refractivity contribution >= 4 is 6.79 Å². The van der Waals surface area contributed by atoms with E-state index in [4.69, 9.17) is 24.5 Å². The van der Waals surface area contributed by atoms with E-state index in [2.05, 4.69) is 39.8 Å². The number of fused-ring (bicyclic) bond motifs is 1. The predicted octanol–water partition coefficient (Wildman–Crippen LogP) is 4.32. The van der Waals surface area contributed by atoms with Crippen molar-refractivity contribution in [1.29, 1.82) is 0 Å². The Morgan fingerprint density at radius 1 is 0.833 bits per heavy atom. The molecule has 1 radical (unpaired) electrons. The van der Waals surface area contributed by atoms with Gasteiger partial charge in [-0.05, 0) is 67.4 Å². The Balaban J connectivity index is 0.00000226. The summed E-state index contributed by atoms with van der Waals surface area (Å²) >= 11 is 0. The first-order valence-corrected chi connectivity index (χ1v) is 13.6. The summed E-state index contributed by atoms with van der Waals surface area (Å²) in [5.41, 5.74) is 4.71. The number of phenolic OH excluding ortho intramolecular Hbond substituents is 1. The number of rotatable bonds is 13. The fourth-order valence-electron chi connectivity index (χ4n) is 4.80. The van der Waals surface area contributed by atoms with E-state index in [1.165, 1.54) is 30.4 Å². The van der Waals surface area contributed by atoms with Gasteiger partial charge in [-0.25, -0.2) is 0 Å². The number of phenols is 1. The summed E-state index contributed by atoms with van der Waals surface area (Å²) in [5.74, 6) is 1.99. The smallest absolute Gasteiger partial charge is 0.161 e. The first kappa shape index (κ1) is 39.2. The molecule has 4 rings (SSSR count). The minimum atomic E-state index is 0. The molecule has 0 saturated carbocycles. The van der Waals surface area contributed by atoms with Crippen LogP contribution in [0.4, 0.5) is 0 Å². The predicted molar refractivity (Wildman–Crippen MR) is 162 cm³/mol. The zero-order chi connectivity index (χ0) is 30.5. The number of aliphatic hydroxyl groups is 2. The number of aromatic nitrogens is 1. The second-order valence-electron chi connectivity index (χ2n) is 9.26. The summed E-state index contributed by atoms with van der Waals surface area (Å²) in [4.78, 5) is 17.1. The maximum absolute atomic E-state index is 10.2. The minimum Gasteiger partial charge on any atom is -0.545 e. The van der Waals surface area contributed by atoms with E-state index in [1.54, 1.807) is 20.3 Å². The van der Waals surface area contributed by atoms with Crippen LogP contribution < -0.4 is 9.47 Å². The second kappa shape index (κ2) is 23.7. The fourth-order valence-corrected chi connectivity index (χ4v) is 4.80. The van der Waals surface area contributed by atoms with Crippen LogP contribution in [0.2, 0.25) is 0 Å². The average molecular weight is 755 g/mol. The van der Waals surface area contributed by atoms with Crippen LogP contribution in [0.1, 0.15) is 48.1 Å². The van der Waals surface area contributed by atoms with Gasteiger partial charge in [0.05, 0.1) is 19.9 Å². The number of ether oxygens (including phenoxy) is 2. The Kier molecular flexibility index (Phi) is 22.1. The molecular weight excluding hydrogens is 709 g/mol. The van der Waals surface area contributed by atoms with Crippen molar-refractivity contribution in [2.75, 3.05) is 41.5 Å². The van der Waals surface area contributed by atoms with Crippen LogP contribution >= 0.6 is 0 Å². The van der Waals surface area contributed by atoms with Crippen molar-refractivity contribution in [3.05, 3.63) is 83.2 Å².